The molecule has 0 bridgehead atoms. The lowest BCUT2D eigenvalue weighted by molar-refractivity contribution is 0.0719. The molecular weight excluding hydrogens is 303 g/mol. The summed E-state index contributed by atoms with van der Waals surface area (Å²) in [4.78, 5) is 24.8. The van der Waals surface area contributed by atoms with Crippen LogP contribution in [0.5, 0.6) is 0 Å². The Kier molecular flexibility index (Phi) is 5.09. The van der Waals surface area contributed by atoms with Crippen molar-refractivity contribution >= 4 is 35.2 Å². The smallest absolute Gasteiger partial charge is 0.409 e. The molecule has 0 radical (unpaired) electrons. The number of hydrogen-bond acceptors (Lipinski definition) is 3. The van der Waals surface area contributed by atoms with E-state index in [-0.39, 0.29) is 12.0 Å². The van der Waals surface area contributed by atoms with Gasteiger partial charge in [0.05, 0.1) is 16.7 Å². The van der Waals surface area contributed by atoms with Crippen LogP contribution in [0.2, 0.25) is 10.0 Å². The number of amides is 2. The summed E-state index contributed by atoms with van der Waals surface area (Å²) in [5, 5.41) is 3.46. The van der Waals surface area contributed by atoms with Crippen molar-refractivity contribution in [2.75, 3.05) is 26.2 Å². The Morgan fingerprint density at radius 2 is 2.15 bits per heavy atom. The third-order valence-corrected chi connectivity index (χ3v) is 3.64. The molecule has 1 aromatic carbocycles. The van der Waals surface area contributed by atoms with Gasteiger partial charge in [0.1, 0.15) is 0 Å². The molecule has 0 unspecified atom stereocenters. The van der Waals surface area contributed by atoms with Gasteiger partial charge in [-0.2, -0.15) is 0 Å². The normalized spacial score (nSPS) is 14.9. The van der Waals surface area contributed by atoms with Crippen LogP contribution in [0.4, 0.5) is 4.79 Å². The summed E-state index contributed by atoms with van der Waals surface area (Å²) < 4.78 is 4.90. The summed E-state index contributed by atoms with van der Waals surface area (Å²) in [7, 11) is 0. The molecule has 2 amide bonds. The fourth-order valence-electron chi connectivity index (χ4n) is 1.84. The predicted octanol–water partition coefficient (Wildman–Crippen LogP) is 2.57. The van der Waals surface area contributed by atoms with Gasteiger partial charge < -0.3 is 15.0 Å². The monoisotopic (exact) mass is 316 g/mol. The van der Waals surface area contributed by atoms with Crippen molar-refractivity contribution in [3.63, 3.8) is 0 Å². The molecule has 1 aromatic rings. The summed E-state index contributed by atoms with van der Waals surface area (Å²) in [6.07, 6.45) is 0.479. The number of ether oxygens (including phenoxy) is 1. The molecule has 1 saturated heterocycles. The number of nitrogens with zero attached hydrogens (tertiary/aromatic N) is 1. The maximum Gasteiger partial charge on any atom is 0.409 e. The second-order valence-electron chi connectivity index (χ2n) is 4.34. The van der Waals surface area contributed by atoms with E-state index >= 15 is 0 Å². The van der Waals surface area contributed by atoms with Gasteiger partial charge in [0, 0.05) is 25.2 Å². The standard InChI is InChI=1S/C13H14Cl2N2O3/c14-10-3-2-9(8-11(10)15)12(18)16-4-6-17-5-1-7-20-13(17)19/h2-3,8H,1,4-7H2,(H,16,18). The minimum absolute atomic E-state index is 0.256. The van der Waals surface area contributed by atoms with Crippen molar-refractivity contribution in [1.29, 1.82) is 0 Å². The average Bonchev–Trinajstić information content (AvgIpc) is 2.44. The van der Waals surface area contributed by atoms with Crippen molar-refractivity contribution in [2.45, 2.75) is 6.42 Å². The topological polar surface area (TPSA) is 58.6 Å². The van der Waals surface area contributed by atoms with Crippen LogP contribution in [0.1, 0.15) is 16.8 Å². The SMILES string of the molecule is O=C(NCCN1CCCOC1=O)c1ccc(Cl)c(Cl)c1. The van der Waals surface area contributed by atoms with Crippen LogP contribution in [0.3, 0.4) is 0 Å². The van der Waals surface area contributed by atoms with Gasteiger partial charge in [0.2, 0.25) is 0 Å². The molecule has 7 heteroatoms. The van der Waals surface area contributed by atoms with Crippen LogP contribution >= 0.6 is 23.2 Å². The second kappa shape index (κ2) is 6.81. The minimum atomic E-state index is -0.333. The van der Waals surface area contributed by atoms with Gasteiger partial charge in [-0.3, -0.25) is 4.79 Å². The zero-order valence-corrected chi connectivity index (χ0v) is 12.2. The average molecular weight is 317 g/mol. The number of carbonyl (C=O) groups is 2. The molecule has 1 aliphatic rings. The lowest BCUT2D eigenvalue weighted by Gasteiger charge is -2.26. The largest absolute Gasteiger partial charge is 0.449 e. The third kappa shape index (κ3) is 3.77. The molecule has 1 heterocycles. The lowest BCUT2D eigenvalue weighted by atomic mass is 10.2. The van der Waals surface area contributed by atoms with Crippen molar-refractivity contribution < 1.29 is 14.3 Å². The fourth-order valence-corrected chi connectivity index (χ4v) is 2.14. The van der Waals surface area contributed by atoms with Crippen LogP contribution in [-0.4, -0.2) is 43.1 Å². The van der Waals surface area contributed by atoms with Gasteiger partial charge in [-0.25, -0.2) is 4.79 Å². The number of cyclic esters (lactones) is 1. The first-order chi connectivity index (χ1) is 9.58. The number of nitrogens with one attached hydrogen (secondary N) is 1. The van der Waals surface area contributed by atoms with Gasteiger partial charge in [-0.05, 0) is 24.6 Å². The molecule has 108 valence electrons. The summed E-state index contributed by atoms with van der Waals surface area (Å²) in [6, 6.07) is 4.67. The van der Waals surface area contributed by atoms with Gasteiger partial charge in [-0.15, -0.1) is 0 Å². The molecule has 5 nitrogen and oxygen atoms in total. The van der Waals surface area contributed by atoms with Crippen LogP contribution < -0.4 is 5.32 Å². The zero-order valence-electron chi connectivity index (χ0n) is 10.7. The highest BCUT2D eigenvalue weighted by atomic mass is 35.5. The highest BCUT2D eigenvalue weighted by Crippen LogP contribution is 2.22. The molecule has 0 saturated carbocycles. The first-order valence-electron chi connectivity index (χ1n) is 6.23. The molecule has 1 aliphatic heterocycles. The Hall–Kier alpha value is -1.46. The Labute approximate surface area is 126 Å². The Morgan fingerprint density at radius 3 is 2.85 bits per heavy atom. The molecule has 0 aromatic heterocycles. The molecular formula is C13H14Cl2N2O3. The van der Waals surface area contributed by atoms with Crippen LogP contribution in [-0.2, 0) is 4.74 Å². The van der Waals surface area contributed by atoms with Crippen molar-refractivity contribution in [3.8, 4) is 0 Å². The van der Waals surface area contributed by atoms with Crippen molar-refractivity contribution in [1.82, 2.24) is 10.2 Å². The van der Waals surface area contributed by atoms with E-state index in [1.165, 1.54) is 6.07 Å². The van der Waals surface area contributed by atoms with Crippen LogP contribution in [0, 0.1) is 0 Å². The van der Waals surface area contributed by atoms with E-state index in [1.54, 1.807) is 17.0 Å². The zero-order chi connectivity index (χ0) is 14.5. The van der Waals surface area contributed by atoms with Crippen molar-refractivity contribution in [3.05, 3.63) is 33.8 Å². The first kappa shape index (κ1) is 14.9. The maximum atomic E-state index is 11.9. The van der Waals surface area contributed by atoms with E-state index < -0.39 is 0 Å². The number of carbonyl (C=O) groups excluding carboxylic acids is 2. The quantitative estimate of drug-likeness (QED) is 0.928. The molecule has 1 fully saturated rings. The van der Waals surface area contributed by atoms with Gasteiger partial charge in [-0.1, -0.05) is 23.2 Å². The Morgan fingerprint density at radius 1 is 1.35 bits per heavy atom. The maximum absolute atomic E-state index is 11.9. The summed E-state index contributed by atoms with van der Waals surface area (Å²) >= 11 is 11.6. The number of benzene rings is 1. The van der Waals surface area contributed by atoms with E-state index in [9.17, 15) is 9.59 Å². The van der Waals surface area contributed by atoms with Gasteiger partial charge in [0.25, 0.3) is 5.91 Å². The molecule has 20 heavy (non-hydrogen) atoms. The van der Waals surface area contributed by atoms with E-state index in [4.69, 9.17) is 27.9 Å². The molecule has 0 spiro atoms. The van der Waals surface area contributed by atoms with E-state index in [0.717, 1.165) is 6.42 Å². The molecule has 1 N–H and O–H groups in total. The van der Waals surface area contributed by atoms with E-state index in [1.807, 2.05) is 0 Å². The molecule has 0 atom stereocenters. The number of halogens is 2. The first-order valence-corrected chi connectivity index (χ1v) is 6.98. The van der Waals surface area contributed by atoms with E-state index in [2.05, 4.69) is 5.32 Å². The number of hydrogen-bond donors (Lipinski definition) is 1. The van der Waals surface area contributed by atoms with Crippen LogP contribution in [0.15, 0.2) is 18.2 Å². The molecule has 0 aliphatic carbocycles. The summed E-state index contributed by atoms with van der Waals surface area (Å²) in [6.45, 7) is 1.90. The van der Waals surface area contributed by atoms with Crippen LogP contribution in [0.25, 0.3) is 0 Å². The van der Waals surface area contributed by atoms with Crippen molar-refractivity contribution in [2.24, 2.45) is 0 Å². The lowest BCUT2D eigenvalue weighted by Crippen LogP contribution is -2.42. The van der Waals surface area contributed by atoms with Gasteiger partial charge in [0.15, 0.2) is 0 Å². The number of rotatable bonds is 4. The highest BCUT2D eigenvalue weighted by molar-refractivity contribution is 6.42. The van der Waals surface area contributed by atoms with E-state index in [0.29, 0.717) is 41.8 Å². The summed E-state index contributed by atoms with van der Waals surface area (Å²) in [5.74, 6) is -0.256. The summed E-state index contributed by atoms with van der Waals surface area (Å²) in [5.41, 5.74) is 0.431. The fraction of sp³-hybridized carbons (Fsp3) is 0.385. The van der Waals surface area contributed by atoms with Gasteiger partial charge >= 0.3 is 6.09 Å². The minimum Gasteiger partial charge on any atom is -0.449 e. The Bertz CT molecular complexity index is 522. The predicted molar refractivity (Wildman–Crippen MR) is 76.3 cm³/mol. The second-order valence-corrected chi connectivity index (χ2v) is 5.15. The highest BCUT2D eigenvalue weighted by Gasteiger charge is 2.19. The Balaban J connectivity index is 1.82. The third-order valence-electron chi connectivity index (χ3n) is 2.91. The molecule has 2 rings (SSSR count).